The number of hydrogen-bond acceptors (Lipinski definition) is 1. The van der Waals surface area contributed by atoms with Gasteiger partial charge in [0.25, 0.3) is 0 Å². The highest BCUT2D eigenvalue weighted by molar-refractivity contribution is 6.02. The van der Waals surface area contributed by atoms with E-state index in [0.717, 1.165) is 12.3 Å². The van der Waals surface area contributed by atoms with Crippen LogP contribution in [0.15, 0.2) is 47.5 Å². The summed E-state index contributed by atoms with van der Waals surface area (Å²) in [6.45, 7) is 11.0. The first-order chi connectivity index (χ1) is 10.9. The second-order valence-electron chi connectivity index (χ2n) is 7.34. The molecule has 0 spiro atoms. The van der Waals surface area contributed by atoms with Gasteiger partial charge in [0.1, 0.15) is 5.84 Å². The molecule has 2 aromatic carbocycles. The van der Waals surface area contributed by atoms with Gasteiger partial charge in [-0.25, -0.2) is 0 Å². The van der Waals surface area contributed by atoms with Gasteiger partial charge in [0.2, 0.25) is 0 Å². The van der Waals surface area contributed by atoms with E-state index in [1.54, 1.807) is 0 Å². The van der Waals surface area contributed by atoms with E-state index in [1.165, 1.54) is 27.8 Å². The van der Waals surface area contributed by atoms with Crippen LogP contribution >= 0.6 is 0 Å². The SMILES string of the molecule is Cc1cc2c(cc1C)C(=N[C@@H](C)c1ccccc1)NC(C)(C)C2. The molecule has 0 saturated carbocycles. The number of nitrogens with zero attached hydrogens (tertiary/aromatic N) is 1. The van der Waals surface area contributed by atoms with Crippen LogP contribution in [0.4, 0.5) is 0 Å². The normalized spacial score (nSPS) is 19.1. The van der Waals surface area contributed by atoms with Crippen LogP contribution in [0.3, 0.4) is 0 Å². The van der Waals surface area contributed by atoms with Crippen molar-refractivity contribution in [3.63, 3.8) is 0 Å². The molecule has 2 heteroatoms. The Morgan fingerprint density at radius 3 is 2.39 bits per heavy atom. The van der Waals surface area contributed by atoms with E-state index in [0.29, 0.717) is 0 Å². The fourth-order valence-corrected chi connectivity index (χ4v) is 3.25. The maximum absolute atomic E-state index is 5.02. The summed E-state index contributed by atoms with van der Waals surface area (Å²) in [5, 5.41) is 3.65. The molecule has 120 valence electrons. The molecule has 1 atom stereocenters. The Hall–Kier alpha value is -2.09. The zero-order valence-electron chi connectivity index (χ0n) is 14.8. The Labute approximate surface area is 139 Å². The van der Waals surface area contributed by atoms with E-state index in [1.807, 2.05) is 6.07 Å². The highest BCUT2D eigenvalue weighted by Crippen LogP contribution is 2.28. The summed E-state index contributed by atoms with van der Waals surface area (Å²) < 4.78 is 0. The number of benzene rings is 2. The lowest BCUT2D eigenvalue weighted by molar-refractivity contribution is 0.446. The highest BCUT2D eigenvalue weighted by atomic mass is 15.1. The number of hydrogen-bond donors (Lipinski definition) is 1. The maximum Gasteiger partial charge on any atom is 0.129 e. The number of nitrogens with one attached hydrogen (secondary N) is 1. The Morgan fingerprint density at radius 2 is 1.70 bits per heavy atom. The molecular formula is C21H26N2. The summed E-state index contributed by atoms with van der Waals surface area (Å²) in [4.78, 5) is 5.02. The van der Waals surface area contributed by atoms with Crippen molar-refractivity contribution in [2.75, 3.05) is 0 Å². The van der Waals surface area contributed by atoms with Crippen LogP contribution < -0.4 is 5.32 Å². The van der Waals surface area contributed by atoms with Crippen LogP contribution in [0, 0.1) is 13.8 Å². The second-order valence-corrected chi connectivity index (χ2v) is 7.34. The minimum Gasteiger partial charge on any atom is -0.365 e. The average molecular weight is 306 g/mol. The zero-order valence-corrected chi connectivity index (χ0v) is 14.8. The molecule has 23 heavy (non-hydrogen) atoms. The quantitative estimate of drug-likeness (QED) is 0.852. The third-order valence-electron chi connectivity index (χ3n) is 4.67. The topological polar surface area (TPSA) is 24.4 Å². The van der Waals surface area contributed by atoms with E-state index in [9.17, 15) is 0 Å². The molecule has 0 radical (unpaired) electrons. The first kappa shape index (κ1) is 15.8. The van der Waals surface area contributed by atoms with Gasteiger partial charge in [-0.1, -0.05) is 36.4 Å². The fraction of sp³-hybridized carbons (Fsp3) is 0.381. The van der Waals surface area contributed by atoms with Gasteiger partial charge >= 0.3 is 0 Å². The zero-order chi connectivity index (χ0) is 16.6. The van der Waals surface area contributed by atoms with Crippen LogP contribution in [0.2, 0.25) is 0 Å². The molecule has 2 nitrogen and oxygen atoms in total. The largest absolute Gasteiger partial charge is 0.365 e. The lowest BCUT2D eigenvalue weighted by atomic mass is 9.85. The minimum absolute atomic E-state index is 0.0317. The van der Waals surface area contributed by atoms with Gasteiger partial charge in [0.05, 0.1) is 6.04 Å². The third-order valence-corrected chi connectivity index (χ3v) is 4.67. The third kappa shape index (κ3) is 3.31. The molecule has 0 aromatic heterocycles. The van der Waals surface area contributed by atoms with Gasteiger partial charge < -0.3 is 5.32 Å². The van der Waals surface area contributed by atoms with Crippen molar-refractivity contribution in [2.45, 2.75) is 52.6 Å². The van der Waals surface area contributed by atoms with Gasteiger partial charge in [-0.3, -0.25) is 4.99 Å². The van der Waals surface area contributed by atoms with Crippen molar-refractivity contribution >= 4 is 5.84 Å². The first-order valence-electron chi connectivity index (χ1n) is 8.37. The molecule has 0 amide bonds. The van der Waals surface area contributed by atoms with Crippen molar-refractivity contribution in [1.82, 2.24) is 5.32 Å². The van der Waals surface area contributed by atoms with Gasteiger partial charge in [-0.2, -0.15) is 0 Å². The lowest BCUT2D eigenvalue weighted by Crippen LogP contribution is -2.49. The summed E-state index contributed by atoms with van der Waals surface area (Å²) in [7, 11) is 0. The van der Waals surface area contributed by atoms with Crippen LogP contribution in [-0.2, 0) is 6.42 Å². The summed E-state index contributed by atoms with van der Waals surface area (Å²) in [6.07, 6.45) is 1.03. The van der Waals surface area contributed by atoms with Crippen molar-refractivity contribution in [2.24, 2.45) is 4.99 Å². The van der Waals surface area contributed by atoms with Crippen molar-refractivity contribution in [3.05, 3.63) is 70.3 Å². The summed E-state index contributed by atoms with van der Waals surface area (Å²) >= 11 is 0. The van der Waals surface area contributed by atoms with Crippen molar-refractivity contribution in [3.8, 4) is 0 Å². The Morgan fingerprint density at radius 1 is 1.04 bits per heavy atom. The maximum atomic E-state index is 5.02. The Bertz CT molecular complexity index is 742. The molecule has 1 N–H and O–H groups in total. The molecule has 0 bridgehead atoms. The smallest absolute Gasteiger partial charge is 0.129 e. The molecule has 0 fully saturated rings. The molecule has 3 rings (SSSR count). The highest BCUT2D eigenvalue weighted by Gasteiger charge is 2.29. The van der Waals surface area contributed by atoms with E-state index in [2.05, 4.69) is 76.3 Å². The van der Waals surface area contributed by atoms with Gasteiger partial charge in [-0.15, -0.1) is 0 Å². The van der Waals surface area contributed by atoms with Crippen molar-refractivity contribution in [1.29, 1.82) is 0 Å². The van der Waals surface area contributed by atoms with E-state index in [4.69, 9.17) is 4.99 Å². The Balaban J connectivity index is 2.05. The molecular weight excluding hydrogens is 280 g/mol. The fourth-order valence-electron chi connectivity index (χ4n) is 3.25. The molecule has 0 aliphatic carbocycles. The molecule has 1 heterocycles. The predicted molar refractivity (Wildman–Crippen MR) is 98.2 cm³/mol. The van der Waals surface area contributed by atoms with Crippen LogP contribution in [0.5, 0.6) is 0 Å². The lowest BCUT2D eigenvalue weighted by Gasteiger charge is -2.35. The second kappa shape index (κ2) is 5.84. The van der Waals surface area contributed by atoms with Gasteiger partial charge in [0, 0.05) is 11.1 Å². The Kier molecular flexibility index (Phi) is 4.01. The number of amidine groups is 1. The molecule has 0 unspecified atom stereocenters. The summed E-state index contributed by atoms with van der Waals surface area (Å²) in [5.41, 5.74) is 6.62. The standard InChI is InChI=1S/C21H26N2/c1-14-11-18-13-21(4,5)23-20(19(18)12-15(14)2)22-16(3)17-9-7-6-8-10-17/h6-12,16H,13H2,1-5H3,(H,22,23)/t16-/m0/s1. The molecule has 0 saturated heterocycles. The van der Waals surface area contributed by atoms with Crippen LogP contribution in [0.1, 0.15) is 54.6 Å². The van der Waals surface area contributed by atoms with E-state index < -0.39 is 0 Å². The number of aliphatic imine (C=N–C) groups is 1. The first-order valence-corrected chi connectivity index (χ1v) is 8.37. The van der Waals surface area contributed by atoms with Gasteiger partial charge in [-0.05, 0) is 69.4 Å². The van der Waals surface area contributed by atoms with Crippen LogP contribution in [0.25, 0.3) is 0 Å². The van der Waals surface area contributed by atoms with E-state index >= 15 is 0 Å². The van der Waals surface area contributed by atoms with E-state index in [-0.39, 0.29) is 11.6 Å². The summed E-state index contributed by atoms with van der Waals surface area (Å²) in [5.74, 6) is 1.02. The summed E-state index contributed by atoms with van der Waals surface area (Å²) in [6, 6.07) is 15.2. The predicted octanol–water partition coefficient (Wildman–Crippen LogP) is 4.74. The van der Waals surface area contributed by atoms with Gasteiger partial charge in [0.15, 0.2) is 0 Å². The molecule has 1 aliphatic rings. The average Bonchev–Trinajstić information content (AvgIpc) is 2.49. The number of fused-ring (bicyclic) bond motifs is 1. The van der Waals surface area contributed by atoms with Crippen LogP contribution in [-0.4, -0.2) is 11.4 Å². The molecule has 2 aromatic rings. The number of rotatable bonds is 2. The monoisotopic (exact) mass is 306 g/mol. The number of aryl methyl sites for hydroxylation is 2. The molecule has 1 aliphatic heterocycles. The van der Waals surface area contributed by atoms with Crippen molar-refractivity contribution < 1.29 is 0 Å². The minimum atomic E-state index is 0.0317.